The van der Waals surface area contributed by atoms with Gasteiger partial charge in [-0.15, -0.1) is 0 Å². The molecule has 2 aromatic heterocycles. The van der Waals surface area contributed by atoms with Crippen molar-refractivity contribution in [3.63, 3.8) is 0 Å². The van der Waals surface area contributed by atoms with E-state index in [9.17, 15) is 0 Å². The summed E-state index contributed by atoms with van der Waals surface area (Å²) >= 11 is 0. The molecule has 2 aliphatic rings. The molecule has 2 fully saturated rings. The zero-order valence-corrected chi connectivity index (χ0v) is 35.1. The summed E-state index contributed by atoms with van der Waals surface area (Å²) in [6, 6.07) is 30.1. The van der Waals surface area contributed by atoms with E-state index in [1.807, 2.05) is 38.3 Å². The number of fused-ring (bicyclic) bond motifs is 1. The van der Waals surface area contributed by atoms with Crippen molar-refractivity contribution in [1.29, 1.82) is 0 Å². The molecule has 3 aromatic carbocycles. The van der Waals surface area contributed by atoms with Gasteiger partial charge in [0, 0.05) is 43.4 Å². The van der Waals surface area contributed by atoms with Gasteiger partial charge in [0.25, 0.3) is 0 Å². The fourth-order valence-electron chi connectivity index (χ4n) is 6.65. The molecule has 0 amide bonds. The molecule has 1 saturated carbocycles. The Morgan fingerprint density at radius 1 is 0.774 bits per heavy atom. The third-order valence-electron chi connectivity index (χ3n) is 10.1. The number of anilines is 1. The van der Waals surface area contributed by atoms with Crippen LogP contribution < -0.4 is 10.2 Å². The molecule has 1 aliphatic heterocycles. The van der Waals surface area contributed by atoms with Crippen molar-refractivity contribution in [3.8, 4) is 22.4 Å². The SMILES string of the molecule is C=C(C)Cc1ccc(CC(C)C)cc1.CC.CC.CC1C(C)C1C.Cc1cccc(-c2cc(N3CCNCC3)n3nc(C)c(-c4ccccc4)c3n2)c1. The third kappa shape index (κ3) is 12.4. The Bertz CT molecular complexity index is 1790. The minimum atomic E-state index is 0.738. The molecule has 5 heteroatoms. The fourth-order valence-corrected chi connectivity index (χ4v) is 6.65. The number of allylic oxidation sites excluding steroid dienone is 1. The highest BCUT2D eigenvalue weighted by molar-refractivity contribution is 5.83. The van der Waals surface area contributed by atoms with Gasteiger partial charge >= 0.3 is 0 Å². The first-order valence-corrected chi connectivity index (χ1v) is 20.2. The normalized spacial score (nSPS) is 17.2. The summed E-state index contributed by atoms with van der Waals surface area (Å²) in [4.78, 5) is 7.51. The summed E-state index contributed by atoms with van der Waals surface area (Å²) < 4.78 is 2.03. The standard InChI is InChI=1S/C24H25N5.C14H20.C6H12.2C2H6/c1-17-7-6-10-20(15-17)21-16-22(28-13-11-25-12-14-28)29-24(26-21)23(18(2)27-29)19-8-4-3-5-9-19;1-11(2)9-13-5-7-14(8-6-13)10-12(3)4;1-4-5(2)6(4)3;2*1-2/h3-10,15-16,25H,11-14H2,1-2H3;5-8,12H,1,9-10H2,2-4H3;4-6H,1-3H3;2*1-2H3. The number of nitrogens with one attached hydrogen (secondary N) is 1. The molecule has 0 bridgehead atoms. The zero-order chi connectivity index (χ0) is 39.1. The van der Waals surface area contributed by atoms with Crippen molar-refractivity contribution in [2.45, 2.75) is 95.9 Å². The third-order valence-corrected chi connectivity index (χ3v) is 10.1. The van der Waals surface area contributed by atoms with Crippen molar-refractivity contribution >= 4 is 11.5 Å². The van der Waals surface area contributed by atoms with E-state index in [0.717, 1.165) is 95.8 Å². The average molecular weight is 716 g/mol. The van der Waals surface area contributed by atoms with E-state index in [1.54, 1.807) is 0 Å². The van der Waals surface area contributed by atoms with Crippen LogP contribution in [0.25, 0.3) is 28.0 Å². The lowest BCUT2D eigenvalue weighted by Crippen LogP contribution is -2.44. The lowest BCUT2D eigenvalue weighted by atomic mass is 10.00. The maximum Gasteiger partial charge on any atom is 0.166 e. The number of hydrogen-bond donors (Lipinski definition) is 1. The molecule has 53 heavy (non-hydrogen) atoms. The molecule has 0 atom stereocenters. The van der Waals surface area contributed by atoms with E-state index in [4.69, 9.17) is 10.1 Å². The van der Waals surface area contributed by atoms with Crippen molar-refractivity contribution in [3.05, 3.63) is 119 Å². The Balaban J connectivity index is 0.000000261. The highest BCUT2D eigenvalue weighted by Crippen LogP contribution is 2.44. The lowest BCUT2D eigenvalue weighted by Gasteiger charge is -2.29. The van der Waals surface area contributed by atoms with Gasteiger partial charge < -0.3 is 10.2 Å². The van der Waals surface area contributed by atoms with Crippen LogP contribution in [0.5, 0.6) is 0 Å². The maximum absolute atomic E-state index is 5.10. The van der Waals surface area contributed by atoms with Crippen molar-refractivity contribution in [1.82, 2.24) is 19.9 Å². The lowest BCUT2D eigenvalue weighted by molar-refractivity contribution is 0.579. The highest BCUT2D eigenvalue weighted by Gasteiger charge is 2.37. The van der Waals surface area contributed by atoms with Crippen LogP contribution in [0.15, 0.2) is 97.1 Å². The number of nitrogens with zero attached hydrogens (tertiary/aromatic N) is 4. The number of benzene rings is 3. The summed E-state index contributed by atoms with van der Waals surface area (Å²) in [6.45, 7) is 33.5. The fraction of sp³-hybridized carbons (Fsp3) is 0.458. The Morgan fingerprint density at radius 2 is 1.34 bits per heavy atom. The topological polar surface area (TPSA) is 45.5 Å². The molecule has 1 N–H and O–H groups in total. The summed E-state index contributed by atoms with van der Waals surface area (Å²) in [5.74, 6) is 4.90. The van der Waals surface area contributed by atoms with Crippen molar-refractivity contribution < 1.29 is 0 Å². The Labute approximate surface area is 323 Å². The zero-order valence-electron chi connectivity index (χ0n) is 35.1. The summed E-state index contributed by atoms with van der Waals surface area (Å²) in [5, 5.41) is 8.35. The summed E-state index contributed by atoms with van der Waals surface area (Å²) in [6.07, 6.45) is 2.18. The van der Waals surface area contributed by atoms with Crippen LogP contribution >= 0.6 is 0 Å². The number of piperazine rings is 1. The Morgan fingerprint density at radius 3 is 1.87 bits per heavy atom. The molecule has 3 heterocycles. The van der Waals surface area contributed by atoms with Crippen LogP contribution in [0.4, 0.5) is 5.82 Å². The highest BCUT2D eigenvalue weighted by atomic mass is 15.4. The quantitative estimate of drug-likeness (QED) is 0.170. The van der Waals surface area contributed by atoms with Gasteiger partial charge in [-0.2, -0.15) is 9.61 Å². The molecule has 0 spiro atoms. The minimum absolute atomic E-state index is 0.738. The van der Waals surface area contributed by atoms with E-state index in [-0.39, 0.29) is 0 Å². The minimum Gasteiger partial charge on any atom is -0.354 e. The summed E-state index contributed by atoms with van der Waals surface area (Å²) in [7, 11) is 0. The number of aryl methyl sites for hydroxylation is 2. The molecule has 5 aromatic rings. The first kappa shape index (κ1) is 43.2. The van der Waals surface area contributed by atoms with Gasteiger partial charge in [-0.1, -0.05) is 153 Å². The molecular weight excluding hydrogens is 647 g/mol. The first-order valence-electron chi connectivity index (χ1n) is 20.2. The number of aromatic nitrogens is 3. The van der Waals surface area contributed by atoms with E-state index in [2.05, 4.69) is 151 Å². The second-order valence-electron chi connectivity index (χ2n) is 14.8. The molecule has 0 unspecified atom stereocenters. The molecular formula is C48H69N5. The van der Waals surface area contributed by atoms with E-state index < -0.39 is 0 Å². The van der Waals surface area contributed by atoms with E-state index in [1.165, 1.54) is 28.7 Å². The van der Waals surface area contributed by atoms with Crippen LogP contribution in [-0.2, 0) is 12.8 Å². The monoisotopic (exact) mass is 716 g/mol. The number of rotatable bonds is 7. The molecule has 0 radical (unpaired) electrons. The smallest absolute Gasteiger partial charge is 0.166 e. The molecule has 5 nitrogen and oxygen atoms in total. The second kappa shape index (κ2) is 21.5. The molecule has 286 valence electrons. The van der Waals surface area contributed by atoms with Gasteiger partial charge in [0.05, 0.1) is 11.4 Å². The summed E-state index contributed by atoms with van der Waals surface area (Å²) in [5.41, 5.74) is 11.6. The van der Waals surface area contributed by atoms with Gasteiger partial charge in [0.2, 0.25) is 0 Å². The molecule has 1 saturated heterocycles. The Kier molecular flexibility index (Phi) is 17.5. The average Bonchev–Trinajstić information content (AvgIpc) is 3.52. The molecule has 1 aliphatic carbocycles. The van der Waals surface area contributed by atoms with Gasteiger partial charge in [0.1, 0.15) is 5.82 Å². The maximum atomic E-state index is 5.10. The van der Waals surface area contributed by atoms with E-state index >= 15 is 0 Å². The number of hydrogen-bond acceptors (Lipinski definition) is 4. The predicted octanol–water partition coefficient (Wildman–Crippen LogP) is 12.1. The molecule has 7 rings (SSSR count). The Hall–Kier alpha value is -4.22. The van der Waals surface area contributed by atoms with Crippen LogP contribution in [0, 0.1) is 37.5 Å². The van der Waals surface area contributed by atoms with Gasteiger partial charge in [0.15, 0.2) is 5.65 Å². The predicted molar refractivity (Wildman–Crippen MR) is 232 cm³/mol. The van der Waals surface area contributed by atoms with Crippen molar-refractivity contribution in [2.24, 2.45) is 23.7 Å². The van der Waals surface area contributed by atoms with Gasteiger partial charge in [-0.05, 0) is 80.0 Å². The van der Waals surface area contributed by atoms with Crippen LogP contribution in [0.2, 0.25) is 0 Å². The van der Waals surface area contributed by atoms with Crippen LogP contribution in [0.3, 0.4) is 0 Å². The second-order valence-corrected chi connectivity index (χ2v) is 14.8. The van der Waals surface area contributed by atoms with Gasteiger partial charge in [-0.25, -0.2) is 4.98 Å². The van der Waals surface area contributed by atoms with Gasteiger partial charge in [-0.3, -0.25) is 0 Å². The van der Waals surface area contributed by atoms with Crippen LogP contribution in [-0.4, -0.2) is 40.8 Å². The van der Waals surface area contributed by atoms with E-state index in [0.29, 0.717) is 0 Å². The largest absolute Gasteiger partial charge is 0.354 e. The van der Waals surface area contributed by atoms with Crippen molar-refractivity contribution in [2.75, 3.05) is 31.1 Å². The van der Waals surface area contributed by atoms with Crippen LogP contribution in [0.1, 0.15) is 91.6 Å². The first-order chi connectivity index (χ1) is 25.5.